The Balaban J connectivity index is 3.15. The number of aliphatic carboxylic acids is 1. The molecular formula is C27H48O15. The van der Waals surface area contributed by atoms with Crippen molar-refractivity contribution in [3.05, 3.63) is 0 Å². The number of esters is 2. The molecule has 0 amide bonds. The van der Waals surface area contributed by atoms with Gasteiger partial charge in [-0.3, -0.25) is 14.4 Å². The minimum atomic E-state index is -1.56. The van der Waals surface area contributed by atoms with E-state index < -0.39 is 17.7 Å². The van der Waals surface area contributed by atoms with E-state index >= 15 is 0 Å². The number of hydrogen-bond donors (Lipinski definition) is 1. The van der Waals surface area contributed by atoms with Crippen molar-refractivity contribution in [1.82, 2.24) is 0 Å². The molecule has 15 heteroatoms. The maximum Gasteiger partial charge on any atom is 0.372 e. The summed E-state index contributed by atoms with van der Waals surface area (Å²) >= 11 is 0. The molecule has 0 fully saturated rings. The molecule has 0 aromatic carbocycles. The van der Waals surface area contributed by atoms with Crippen LogP contribution >= 0.6 is 0 Å². The zero-order valence-electron chi connectivity index (χ0n) is 24.7. The lowest BCUT2D eigenvalue weighted by Crippen LogP contribution is -2.17. The summed E-state index contributed by atoms with van der Waals surface area (Å²) in [6.07, 6.45) is 0.539. The van der Waals surface area contributed by atoms with Crippen molar-refractivity contribution in [2.45, 2.75) is 32.6 Å². The first-order valence-electron chi connectivity index (χ1n) is 14.2. The van der Waals surface area contributed by atoms with Crippen LogP contribution in [0.2, 0.25) is 0 Å². The van der Waals surface area contributed by atoms with Gasteiger partial charge < -0.3 is 52.5 Å². The van der Waals surface area contributed by atoms with Crippen molar-refractivity contribution in [3.8, 4) is 0 Å². The molecule has 0 heterocycles. The summed E-state index contributed by atoms with van der Waals surface area (Å²) in [5.41, 5.74) is 0. The third kappa shape index (κ3) is 30.7. The SMILES string of the molecule is CCCC(=O)OCCOCCOCCOCCOCCOCCOCCOCCOCCOC(=O)CCC(=O)C(=O)O. The Bertz CT molecular complexity index is 674. The fourth-order valence-corrected chi connectivity index (χ4v) is 2.74. The summed E-state index contributed by atoms with van der Waals surface area (Å²) in [6, 6.07) is 0. The monoisotopic (exact) mass is 612 g/mol. The lowest BCUT2D eigenvalue weighted by atomic mass is 10.2. The van der Waals surface area contributed by atoms with Gasteiger partial charge in [0.05, 0.1) is 112 Å². The third-order valence-electron chi connectivity index (χ3n) is 4.83. The average molecular weight is 613 g/mol. The van der Waals surface area contributed by atoms with Gasteiger partial charge in [-0.2, -0.15) is 0 Å². The topological polar surface area (TPSA) is 181 Å². The molecule has 0 atom stereocenters. The van der Waals surface area contributed by atoms with E-state index in [9.17, 15) is 19.2 Å². The van der Waals surface area contributed by atoms with Gasteiger partial charge in [0.15, 0.2) is 0 Å². The van der Waals surface area contributed by atoms with E-state index in [0.717, 1.165) is 6.42 Å². The molecule has 0 bridgehead atoms. The van der Waals surface area contributed by atoms with Crippen LogP contribution in [-0.2, 0) is 66.5 Å². The molecule has 0 aromatic heterocycles. The summed E-state index contributed by atoms with van der Waals surface area (Å²) in [5, 5.41) is 8.43. The van der Waals surface area contributed by atoms with Crippen molar-refractivity contribution in [2.75, 3.05) is 119 Å². The summed E-state index contributed by atoms with van der Waals surface area (Å²) in [4.78, 5) is 43.7. The molecule has 0 unspecified atom stereocenters. The van der Waals surface area contributed by atoms with E-state index in [0.29, 0.717) is 106 Å². The molecule has 0 spiro atoms. The first-order valence-corrected chi connectivity index (χ1v) is 14.2. The molecule has 0 aromatic rings. The average Bonchev–Trinajstić information content (AvgIpc) is 2.97. The highest BCUT2D eigenvalue weighted by Crippen LogP contribution is 1.95. The molecule has 0 saturated heterocycles. The van der Waals surface area contributed by atoms with Crippen LogP contribution in [0.4, 0.5) is 0 Å². The molecule has 42 heavy (non-hydrogen) atoms. The van der Waals surface area contributed by atoms with Gasteiger partial charge in [-0.05, 0) is 6.42 Å². The van der Waals surface area contributed by atoms with Crippen LogP contribution in [0.1, 0.15) is 32.6 Å². The number of carbonyl (C=O) groups excluding carboxylic acids is 3. The normalized spacial score (nSPS) is 11.0. The predicted molar refractivity (Wildman–Crippen MR) is 145 cm³/mol. The minimum absolute atomic E-state index is 0.0118. The standard InChI is InChI=1S/C27H48O15/c1-2-3-25(29)41-22-20-39-18-16-37-14-12-35-10-8-33-6-7-34-9-11-36-13-15-38-17-19-40-21-23-42-26(30)5-4-24(28)27(31)32/h2-23H2,1H3,(H,31,32). The first-order chi connectivity index (χ1) is 20.5. The summed E-state index contributed by atoms with van der Waals surface area (Å²) in [7, 11) is 0. The van der Waals surface area contributed by atoms with Crippen molar-refractivity contribution in [1.29, 1.82) is 0 Å². The molecule has 0 saturated carbocycles. The maximum absolute atomic E-state index is 11.3. The fourth-order valence-electron chi connectivity index (χ4n) is 2.74. The summed E-state index contributed by atoms with van der Waals surface area (Å²) in [5.74, 6) is -3.45. The Morgan fingerprint density at radius 1 is 0.405 bits per heavy atom. The zero-order valence-corrected chi connectivity index (χ0v) is 24.7. The number of ketones is 1. The van der Waals surface area contributed by atoms with E-state index in [4.69, 9.17) is 52.5 Å². The Morgan fingerprint density at radius 2 is 0.667 bits per heavy atom. The molecule has 0 aliphatic carbocycles. The lowest BCUT2D eigenvalue weighted by Gasteiger charge is -2.09. The van der Waals surface area contributed by atoms with Gasteiger partial charge in [0.2, 0.25) is 5.78 Å². The van der Waals surface area contributed by atoms with E-state index in [1.807, 2.05) is 6.92 Å². The second-order valence-electron chi connectivity index (χ2n) is 8.32. The second kappa shape index (κ2) is 31.7. The summed E-state index contributed by atoms with van der Waals surface area (Å²) in [6.45, 7) is 8.70. The molecular weight excluding hydrogens is 564 g/mol. The molecule has 246 valence electrons. The van der Waals surface area contributed by atoms with Crippen LogP contribution in [0.25, 0.3) is 0 Å². The van der Waals surface area contributed by atoms with Gasteiger partial charge in [0, 0.05) is 12.8 Å². The number of carboxylic acids is 1. The van der Waals surface area contributed by atoms with Crippen LogP contribution in [0.5, 0.6) is 0 Å². The van der Waals surface area contributed by atoms with E-state index in [-0.39, 0.29) is 38.6 Å². The molecule has 0 radical (unpaired) electrons. The van der Waals surface area contributed by atoms with E-state index in [1.165, 1.54) is 0 Å². The highest BCUT2D eigenvalue weighted by Gasteiger charge is 2.14. The second-order valence-corrected chi connectivity index (χ2v) is 8.32. The minimum Gasteiger partial charge on any atom is -0.476 e. The van der Waals surface area contributed by atoms with Crippen molar-refractivity contribution in [3.63, 3.8) is 0 Å². The lowest BCUT2D eigenvalue weighted by molar-refractivity contribution is -0.151. The van der Waals surface area contributed by atoms with Gasteiger partial charge in [0.25, 0.3) is 0 Å². The van der Waals surface area contributed by atoms with Gasteiger partial charge in [-0.1, -0.05) is 6.92 Å². The molecule has 0 aliphatic heterocycles. The third-order valence-corrected chi connectivity index (χ3v) is 4.83. The van der Waals surface area contributed by atoms with Crippen molar-refractivity contribution < 1.29 is 71.7 Å². The smallest absolute Gasteiger partial charge is 0.372 e. The highest BCUT2D eigenvalue weighted by molar-refractivity contribution is 6.32. The van der Waals surface area contributed by atoms with Crippen LogP contribution in [0.15, 0.2) is 0 Å². The molecule has 0 aliphatic rings. The predicted octanol–water partition coefficient (Wildman–Crippen LogP) is 0.440. The Hall–Kier alpha value is -2.24. The number of carboxylic acid groups (broad SMARTS) is 1. The van der Waals surface area contributed by atoms with Crippen LogP contribution in [0, 0.1) is 0 Å². The fraction of sp³-hybridized carbons (Fsp3) is 0.852. The number of rotatable bonds is 33. The Kier molecular flexibility index (Phi) is 30.0. The molecule has 1 N–H and O–H groups in total. The van der Waals surface area contributed by atoms with Gasteiger partial charge >= 0.3 is 17.9 Å². The van der Waals surface area contributed by atoms with Crippen LogP contribution < -0.4 is 0 Å². The Morgan fingerprint density at radius 3 is 0.929 bits per heavy atom. The maximum atomic E-state index is 11.3. The summed E-state index contributed by atoms with van der Waals surface area (Å²) < 4.78 is 52.7. The van der Waals surface area contributed by atoms with Crippen molar-refractivity contribution in [2.24, 2.45) is 0 Å². The largest absolute Gasteiger partial charge is 0.476 e. The molecule has 0 rings (SSSR count). The van der Waals surface area contributed by atoms with Crippen LogP contribution in [-0.4, -0.2) is 148 Å². The highest BCUT2D eigenvalue weighted by atomic mass is 16.6. The van der Waals surface area contributed by atoms with Gasteiger partial charge in [-0.25, -0.2) is 4.79 Å². The van der Waals surface area contributed by atoms with Crippen LogP contribution in [0.3, 0.4) is 0 Å². The number of ether oxygens (including phenoxy) is 10. The number of hydrogen-bond acceptors (Lipinski definition) is 14. The Labute approximate surface area is 247 Å². The van der Waals surface area contributed by atoms with Crippen molar-refractivity contribution >= 4 is 23.7 Å². The quantitative estimate of drug-likeness (QED) is 0.0612. The van der Waals surface area contributed by atoms with E-state index in [1.54, 1.807) is 0 Å². The van der Waals surface area contributed by atoms with Gasteiger partial charge in [-0.15, -0.1) is 0 Å². The number of Topliss-reactive ketones (excluding diaryl/α,β-unsaturated/α-hetero) is 1. The first kappa shape index (κ1) is 39.8. The van der Waals surface area contributed by atoms with E-state index in [2.05, 4.69) is 0 Å². The van der Waals surface area contributed by atoms with Gasteiger partial charge in [0.1, 0.15) is 13.2 Å². The zero-order chi connectivity index (χ0) is 30.9. The molecule has 15 nitrogen and oxygen atoms in total. The number of carbonyl (C=O) groups is 4.